The summed E-state index contributed by atoms with van der Waals surface area (Å²) in [5.41, 5.74) is -0.569. The van der Waals surface area contributed by atoms with Crippen LogP contribution in [0.15, 0.2) is 0 Å². The van der Waals surface area contributed by atoms with Crippen molar-refractivity contribution in [2.75, 3.05) is 0 Å². The van der Waals surface area contributed by atoms with Crippen LogP contribution in [0.4, 0.5) is 0 Å². The van der Waals surface area contributed by atoms with Gasteiger partial charge < -0.3 is 9.84 Å². The van der Waals surface area contributed by atoms with Crippen molar-refractivity contribution in [3.63, 3.8) is 0 Å². The standard InChI is InChI=1S/C19H32O3/c1-11(2)17(12(3)4)18(20)22-16-10-19(21)8-13-5-6-15(16)14(7-13)9-19/h11-17,21H,5-10H2,1-4H3. The highest BCUT2D eigenvalue weighted by Gasteiger charge is 2.53. The zero-order chi connectivity index (χ0) is 16.1. The van der Waals surface area contributed by atoms with E-state index in [2.05, 4.69) is 27.7 Å². The molecule has 0 aliphatic heterocycles. The first-order valence-corrected chi connectivity index (χ1v) is 9.22. The molecule has 5 atom stereocenters. The molecule has 0 aromatic heterocycles. The van der Waals surface area contributed by atoms with Crippen LogP contribution in [0.25, 0.3) is 0 Å². The Morgan fingerprint density at radius 1 is 1.09 bits per heavy atom. The fraction of sp³-hybridized carbons (Fsp3) is 0.947. The molecule has 3 aliphatic carbocycles. The molecular weight excluding hydrogens is 276 g/mol. The average molecular weight is 308 g/mol. The maximum atomic E-state index is 12.7. The molecule has 1 N–H and O–H groups in total. The molecule has 0 aromatic carbocycles. The van der Waals surface area contributed by atoms with Gasteiger partial charge in [-0.3, -0.25) is 4.79 Å². The van der Waals surface area contributed by atoms with Crippen molar-refractivity contribution >= 4 is 5.97 Å². The second kappa shape index (κ2) is 5.81. The van der Waals surface area contributed by atoms with Crippen LogP contribution in [-0.4, -0.2) is 22.8 Å². The van der Waals surface area contributed by atoms with Gasteiger partial charge in [0.15, 0.2) is 0 Å². The minimum absolute atomic E-state index is 0.0345. The van der Waals surface area contributed by atoms with E-state index in [9.17, 15) is 9.90 Å². The van der Waals surface area contributed by atoms with E-state index in [1.807, 2.05) is 0 Å². The molecule has 3 aliphatic rings. The first kappa shape index (κ1) is 16.3. The van der Waals surface area contributed by atoms with Gasteiger partial charge in [-0.1, -0.05) is 27.7 Å². The zero-order valence-electron chi connectivity index (χ0n) is 14.5. The van der Waals surface area contributed by atoms with Crippen molar-refractivity contribution in [2.24, 2.45) is 35.5 Å². The summed E-state index contributed by atoms with van der Waals surface area (Å²) >= 11 is 0. The Balaban J connectivity index is 1.73. The van der Waals surface area contributed by atoms with Crippen LogP contribution in [0.3, 0.4) is 0 Å². The molecule has 0 aromatic rings. The fourth-order valence-corrected chi connectivity index (χ4v) is 5.77. The molecule has 3 nitrogen and oxygen atoms in total. The largest absolute Gasteiger partial charge is 0.462 e. The summed E-state index contributed by atoms with van der Waals surface area (Å²) in [6.07, 6.45) is 6.07. The van der Waals surface area contributed by atoms with E-state index < -0.39 is 5.60 Å². The zero-order valence-corrected chi connectivity index (χ0v) is 14.5. The molecule has 0 spiro atoms. The van der Waals surface area contributed by atoms with Gasteiger partial charge in [0.25, 0.3) is 0 Å². The van der Waals surface area contributed by atoms with E-state index >= 15 is 0 Å². The monoisotopic (exact) mass is 308 g/mol. The van der Waals surface area contributed by atoms with Crippen molar-refractivity contribution in [2.45, 2.75) is 77.9 Å². The van der Waals surface area contributed by atoms with Gasteiger partial charge in [0.1, 0.15) is 6.10 Å². The van der Waals surface area contributed by atoms with Gasteiger partial charge in [-0.05, 0) is 61.7 Å². The molecular formula is C19H32O3. The summed E-state index contributed by atoms with van der Waals surface area (Å²) in [6, 6.07) is 0. The molecule has 0 amide bonds. The lowest BCUT2D eigenvalue weighted by atomic mass is 9.55. The first-order valence-electron chi connectivity index (χ1n) is 9.22. The van der Waals surface area contributed by atoms with Crippen molar-refractivity contribution in [3.05, 3.63) is 0 Å². The molecule has 22 heavy (non-hydrogen) atoms. The summed E-state index contributed by atoms with van der Waals surface area (Å²) in [5.74, 6) is 2.29. The van der Waals surface area contributed by atoms with Crippen LogP contribution in [0.2, 0.25) is 0 Å². The lowest BCUT2D eigenvalue weighted by Gasteiger charge is -2.55. The number of carbonyl (C=O) groups excluding carboxylic acids is 1. The third-order valence-corrected chi connectivity index (χ3v) is 6.50. The molecule has 0 radical (unpaired) electrons. The number of aliphatic hydroxyl groups is 1. The number of fused-ring (bicyclic) bond motifs is 2. The van der Waals surface area contributed by atoms with Gasteiger partial charge in [-0.25, -0.2) is 0 Å². The second-order valence-electron chi connectivity index (χ2n) is 8.93. The number of hydrogen-bond donors (Lipinski definition) is 1. The molecule has 3 rings (SSSR count). The quantitative estimate of drug-likeness (QED) is 0.804. The van der Waals surface area contributed by atoms with Crippen molar-refractivity contribution < 1.29 is 14.6 Å². The molecule has 3 heteroatoms. The van der Waals surface area contributed by atoms with Crippen LogP contribution in [-0.2, 0) is 9.53 Å². The Kier molecular flexibility index (Phi) is 4.30. The Hall–Kier alpha value is -0.570. The lowest BCUT2D eigenvalue weighted by Crippen LogP contribution is -2.55. The van der Waals surface area contributed by atoms with Crippen LogP contribution < -0.4 is 0 Å². The predicted octanol–water partition coefficient (Wildman–Crippen LogP) is 3.79. The molecule has 3 bridgehead atoms. The summed E-state index contributed by atoms with van der Waals surface area (Å²) in [4.78, 5) is 12.7. The topological polar surface area (TPSA) is 46.5 Å². The third kappa shape index (κ3) is 2.93. The molecule has 3 saturated carbocycles. The lowest BCUT2D eigenvalue weighted by molar-refractivity contribution is -0.189. The van der Waals surface area contributed by atoms with Crippen LogP contribution in [0, 0.1) is 35.5 Å². The molecule has 0 heterocycles. The minimum atomic E-state index is -0.569. The van der Waals surface area contributed by atoms with E-state index in [1.54, 1.807) is 0 Å². The maximum Gasteiger partial charge on any atom is 0.309 e. The minimum Gasteiger partial charge on any atom is -0.462 e. The van der Waals surface area contributed by atoms with Crippen LogP contribution in [0.5, 0.6) is 0 Å². The Morgan fingerprint density at radius 2 is 1.77 bits per heavy atom. The van der Waals surface area contributed by atoms with Crippen molar-refractivity contribution in [3.8, 4) is 0 Å². The van der Waals surface area contributed by atoms with Crippen molar-refractivity contribution in [1.82, 2.24) is 0 Å². The van der Waals surface area contributed by atoms with E-state index in [0.717, 1.165) is 12.8 Å². The summed E-state index contributed by atoms with van der Waals surface area (Å²) in [7, 11) is 0. The fourth-order valence-electron chi connectivity index (χ4n) is 5.77. The highest BCUT2D eigenvalue weighted by molar-refractivity contribution is 5.73. The van der Waals surface area contributed by atoms with E-state index in [4.69, 9.17) is 4.74 Å². The highest BCUT2D eigenvalue weighted by Crippen LogP contribution is 2.55. The SMILES string of the molecule is CC(C)C(C(=O)OC1CC2(O)CC3CCC1C(C3)C2)C(C)C. The second-order valence-corrected chi connectivity index (χ2v) is 8.93. The van der Waals surface area contributed by atoms with Crippen LogP contribution in [0.1, 0.15) is 66.2 Å². The first-order chi connectivity index (χ1) is 10.3. The Morgan fingerprint density at radius 3 is 2.41 bits per heavy atom. The highest BCUT2D eigenvalue weighted by atomic mass is 16.5. The number of ether oxygens (including phenoxy) is 1. The number of hydrogen-bond acceptors (Lipinski definition) is 3. The van der Waals surface area contributed by atoms with Gasteiger partial charge in [-0.15, -0.1) is 0 Å². The Bertz CT molecular complexity index is 418. The third-order valence-electron chi connectivity index (χ3n) is 6.50. The number of esters is 1. The summed E-state index contributed by atoms with van der Waals surface area (Å²) < 4.78 is 6.01. The van der Waals surface area contributed by atoms with E-state index in [-0.39, 0.29) is 18.0 Å². The maximum absolute atomic E-state index is 12.7. The summed E-state index contributed by atoms with van der Waals surface area (Å²) in [6.45, 7) is 8.39. The van der Waals surface area contributed by atoms with Gasteiger partial charge in [0.2, 0.25) is 0 Å². The van der Waals surface area contributed by atoms with Gasteiger partial charge in [-0.2, -0.15) is 0 Å². The predicted molar refractivity (Wildman–Crippen MR) is 86.2 cm³/mol. The van der Waals surface area contributed by atoms with E-state index in [0.29, 0.717) is 36.0 Å². The number of carbonyl (C=O) groups is 1. The van der Waals surface area contributed by atoms with Gasteiger partial charge in [0, 0.05) is 6.42 Å². The molecule has 126 valence electrons. The molecule has 5 unspecified atom stereocenters. The van der Waals surface area contributed by atoms with E-state index in [1.165, 1.54) is 19.3 Å². The van der Waals surface area contributed by atoms with Gasteiger partial charge in [0.05, 0.1) is 11.5 Å². The Labute approximate surface area is 134 Å². The normalized spacial score (nSPS) is 40.5. The molecule has 3 fully saturated rings. The van der Waals surface area contributed by atoms with Crippen molar-refractivity contribution in [1.29, 1.82) is 0 Å². The smallest absolute Gasteiger partial charge is 0.309 e. The summed E-state index contributed by atoms with van der Waals surface area (Å²) in [5, 5.41) is 10.9. The number of rotatable bonds is 4. The average Bonchev–Trinajstić information content (AvgIpc) is 2.34. The van der Waals surface area contributed by atoms with Crippen LogP contribution >= 0.6 is 0 Å². The van der Waals surface area contributed by atoms with Gasteiger partial charge >= 0.3 is 5.97 Å². The molecule has 0 saturated heterocycles.